The van der Waals surface area contributed by atoms with E-state index in [1.54, 1.807) is 0 Å². The molecular weight excluding hydrogens is 362 g/mol. The van der Waals surface area contributed by atoms with Crippen LogP contribution < -0.4 is 0 Å². The Balaban J connectivity index is 1.35. The Hall–Kier alpha value is -1.08. The Bertz CT molecular complexity index is 583. The average Bonchev–Trinajstić information content (AvgIpc) is 3.27. The summed E-state index contributed by atoms with van der Waals surface area (Å²) in [6, 6.07) is 10.6. The van der Waals surface area contributed by atoms with Crippen molar-refractivity contribution in [2.75, 3.05) is 26.0 Å². The fourth-order valence-electron chi connectivity index (χ4n) is 4.19. The van der Waals surface area contributed by atoms with Gasteiger partial charge in [-0.2, -0.15) is 0 Å². The van der Waals surface area contributed by atoms with Gasteiger partial charge in [-0.25, -0.2) is 5.06 Å². The van der Waals surface area contributed by atoms with Gasteiger partial charge in [-0.1, -0.05) is 18.2 Å². The molecule has 1 aromatic carbocycles. The molecule has 1 aromatic rings. The van der Waals surface area contributed by atoms with Crippen LogP contribution in [0, 0.1) is 11.8 Å². The molecule has 2 aliphatic rings. The second-order valence-corrected chi connectivity index (χ2v) is 8.69. The number of nitrogens with zero attached hydrogens (tertiary/aromatic N) is 1. The quantitative estimate of drug-likeness (QED) is 0.267. The second-order valence-electron chi connectivity index (χ2n) is 7.52. The molecule has 1 N–H and O–H groups in total. The third kappa shape index (κ3) is 5.95. The first kappa shape index (κ1) is 20.6. The highest BCUT2D eigenvalue weighted by Crippen LogP contribution is 2.45. The lowest BCUT2D eigenvalue weighted by molar-refractivity contribution is -0.159. The van der Waals surface area contributed by atoms with Crippen LogP contribution in [0.2, 0.25) is 0 Å². The third-order valence-electron chi connectivity index (χ3n) is 5.65. The predicted octanol–water partition coefficient (Wildman–Crippen LogP) is 4.00. The van der Waals surface area contributed by atoms with Crippen molar-refractivity contribution in [3.05, 3.63) is 30.3 Å². The van der Waals surface area contributed by atoms with Crippen LogP contribution in [0.1, 0.15) is 38.5 Å². The molecule has 2 fully saturated rings. The Kier molecular flexibility index (Phi) is 8.00. The molecule has 3 rings (SSSR count). The number of carbonyl (C=O) groups excluding carboxylic acids is 1. The van der Waals surface area contributed by atoms with Gasteiger partial charge in [-0.15, -0.1) is 11.8 Å². The normalized spacial score (nSPS) is 26.4. The van der Waals surface area contributed by atoms with Gasteiger partial charge in [0.1, 0.15) is 0 Å². The molecule has 4 atom stereocenters. The zero-order valence-corrected chi connectivity index (χ0v) is 16.9. The molecule has 4 unspecified atom stereocenters. The number of rotatable bonds is 11. The third-order valence-corrected chi connectivity index (χ3v) is 6.70. The lowest BCUT2D eigenvalue weighted by atomic mass is 9.78. The van der Waals surface area contributed by atoms with E-state index < -0.39 is 0 Å². The van der Waals surface area contributed by atoms with E-state index in [2.05, 4.69) is 30.3 Å². The highest BCUT2D eigenvalue weighted by atomic mass is 32.2. The molecule has 0 aromatic heterocycles. The van der Waals surface area contributed by atoms with Gasteiger partial charge in [0.15, 0.2) is 0 Å². The highest BCUT2D eigenvalue weighted by Gasteiger charge is 2.48. The monoisotopic (exact) mass is 393 g/mol. The first-order chi connectivity index (χ1) is 13.1. The van der Waals surface area contributed by atoms with Gasteiger partial charge in [0.05, 0.1) is 18.8 Å². The topological polar surface area (TPSA) is 59.0 Å². The number of amides is 1. The van der Waals surface area contributed by atoms with E-state index in [1.165, 1.54) is 31.2 Å². The van der Waals surface area contributed by atoms with Crippen molar-refractivity contribution in [1.29, 1.82) is 0 Å². The van der Waals surface area contributed by atoms with E-state index in [4.69, 9.17) is 14.7 Å². The smallest absolute Gasteiger partial charge is 0.245 e. The minimum atomic E-state index is -0.243. The van der Waals surface area contributed by atoms with Gasteiger partial charge < -0.3 is 9.47 Å². The first-order valence-corrected chi connectivity index (χ1v) is 11.0. The second kappa shape index (κ2) is 10.5. The summed E-state index contributed by atoms with van der Waals surface area (Å²) in [6.07, 6.45) is 6.27. The van der Waals surface area contributed by atoms with E-state index in [-0.39, 0.29) is 5.91 Å². The van der Waals surface area contributed by atoms with Gasteiger partial charge in [-0.3, -0.25) is 10.0 Å². The maximum atomic E-state index is 11.3. The number of hydrogen-bond donors (Lipinski definition) is 1. The fourth-order valence-corrected chi connectivity index (χ4v) is 5.17. The summed E-state index contributed by atoms with van der Waals surface area (Å²) in [5.74, 6) is 1.98. The Labute approximate surface area is 166 Å². The van der Waals surface area contributed by atoms with Crippen LogP contribution in [-0.4, -0.2) is 54.4 Å². The number of fused-ring (bicyclic) bond motifs is 2. The van der Waals surface area contributed by atoms with E-state index in [0.717, 1.165) is 25.2 Å². The van der Waals surface area contributed by atoms with Gasteiger partial charge in [0.2, 0.25) is 5.91 Å². The zero-order valence-electron chi connectivity index (χ0n) is 16.1. The number of unbranched alkanes of at least 4 members (excludes halogenated alkanes) is 1. The molecule has 1 amide bonds. The van der Waals surface area contributed by atoms with Crippen LogP contribution in [0.5, 0.6) is 0 Å². The van der Waals surface area contributed by atoms with Gasteiger partial charge in [0, 0.05) is 30.9 Å². The minimum Gasteiger partial charge on any atom is -0.381 e. The molecule has 0 radical (unpaired) electrons. The standard InChI is InChI=1S/C21H31NO4S/c1-22(24)21(23)9-5-6-13-25-15-18-17(19-10-11-20(18)26-19)12-14-27-16-7-3-2-4-8-16/h2-4,7-8,17-20,24H,5-6,9-15H2,1H3. The molecule has 2 saturated heterocycles. The number of thioether (sulfide) groups is 1. The molecule has 2 aliphatic heterocycles. The number of hydrogen-bond acceptors (Lipinski definition) is 5. The van der Waals surface area contributed by atoms with Crippen LogP contribution >= 0.6 is 11.8 Å². The van der Waals surface area contributed by atoms with Crippen LogP contribution in [-0.2, 0) is 14.3 Å². The first-order valence-electron chi connectivity index (χ1n) is 10.0. The maximum absolute atomic E-state index is 11.3. The number of ether oxygens (including phenoxy) is 2. The van der Waals surface area contributed by atoms with Gasteiger partial charge in [0.25, 0.3) is 0 Å². The molecule has 0 saturated carbocycles. The molecule has 0 aliphatic carbocycles. The lowest BCUT2D eigenvalue weighted by Gasteiger charge is -2.27. The van der Waals surface area contributed by atoms with Crippen molar-refractivity contribution >= 4 is 17.7 Å². The Morgan fingerprint density at radius 1 is 1.22 bits per heavy atom. The molecule has 150 valence electrons. The Morgan fingerprint density at radius 2 is 1.96 bits per heavy atom. The fraction of sp³-hybridized carbons (Fsp3) is 0.667. The number of hydroxylamine groups is 2. The van der Waals surface area contributed by atoms with E-state index in [9.17, 15) is 4.79 Å². The minimum absolute atomic E-state index is 0.243. The predicted molar refractivity (Wildman–Crippen MR) is 106 cm³/mol. The van der Waals surface area contributed by atoms with Crippen molar-refractivity contribution in [1.82, 2.24) is 5.06 Å². The van der Waals surface area contributed by atoms with Crippen molar-refractivity contribution in [3.8, 4) is 0 Å². The van der Waals surface area contributed by atoms with Gasteiger partial charge >= 0.3 is 0 Å². The molecule has 27 heavy (non-hydrogen) atoms. The van der Waals surface area contributed by atoms with E-state index >= 15 is 0 Å². The molecule has 5 nitrogen and oxygen atoms in total. The highest BCUT2D eigenvalue weighted by molar-refractivity contribution is 7.99. The molecule has 0 spiro atoms. The van der Waals surface area contributed by atoms with Crippen molar-refractivity contribution in [2.24, 2.45) is 11.8 Å². The van der Waals surface area contributed by atoms with Crippen molar-refractivity contribution in [3.63, 3.8) is 0 Å². The summed E-state index contributed by atoms with van der Waals surface area (Å²) in [4.78, 5) is 12.7. The van der Waals surface area contributed by atoms with Crippen LogP contribution in [0.3, 0.4) is 0 Å². The molecule has 2 heterocycles. The van der Waals surface area contributed by atoms with Crippen LogP contribution in [0.15, 0.2) is 35.2 Å². The number of carbonyl (C=O) groups is 1. The lowest BCUT2D eigenvalue weighted by Crippen LogP contribution is -2.31. The summed E-state index contributed by atoms with van der Waals surface area (Å²) in [6.45, 7) is 1.43. The summed E-state index contributed by atoms with van der Waals surface area (Å²) in [5.41, 5.74) is 0. The van der Waals surface area contributed by atoms with E-state index in [0.29, 0.717) is 42.1 Å². The molecule has 2 bridgehead atoms. The summed E-state index contributed by atoms with van der Waals surface area (Å²) >= 11 is 1.92. The maximum Gasteiger partial charge on any atom is 0.245 e. The van der Waals surface area contributed by atoms with Crippen molar-refractivity contribution in [2.45, 2.75) is 55.6 Å². The van der Waals surface area contributed by atoms with Crippen LogP contribution in [0.4, 0.5) is 0 Å². The SMILES string of the molecule is CN(O)C(=O)CCCCOCC1C2CCC(O2)C1CCSc1ccccc1. The van der Waals surface area contributed by atoms with Crippen molar-refractivity contribution < 1.29 is 19.5 Å². The number of benzene rings is 1. The molecule has 6 heteroatoms. The van der Waals surface area contributed by atoms with E-state index in [1.807, 2.05) is 11.8 Å². The zero-order chi connectivity index (χ0) is 19.1. The summed E-state index contributed by atoms with van der Waals surface area (Å²) in [7, 11) is 1.37. The van der Waals surface area contributed by atoms with Gasteiger partial charge in [-0.05, 0) is 55.9 Å². The molecular formula is C21H31NO4S. The average molecular weight is 394 g/mol. The Morgan fingerprint density at radius 3 is 2.70 bits per heavy atom. The summed E-state index contributed by atoms with van der Waals surface area (Å²) < 4.78 is 12.1. The van der Waals surface area contributed by atoms with Crippen LogP contribution in [0.25, 0.3) is 0 Å². The largest absolute Gasteiger partial charge is 0.381 e. The summed E-state index contributed by atoms with van der Waals surface area (Å²) in [5, 5.41) is 9.70.